The van der Waals surface area contributed by atoms with E-state index in [2.05, 4.69) is 41.4 Å². The topological polar surface area (TPSA) is 41.3 Å². The van der Waals surface area contributed by atoms with Crippen LogP contribution >= 0.6 is 0 Å². The number of oxazole rings is 1. The van der Waals surface area contributed by atoms with E-state index in [0.717, 1.165) is 24.2 Å². The molecule has 1 aliphatic rings. The maximum absolute atomic E-state index is 5.37. The zero-order chi connectivity index (χ0) is 11.8. The summed E-state index contributed by atoms with van der Waals surface area (Å²) in [4.78, 5) is 6.43. The second kappa shape index (κ2) is 4.13. The summed E-state index contributed by atoms with van der Waals surface area (Å²) in [5, 5.41) is 3.34. The van der Waals surface area contributed by atoms with E-state index >= 15 is 0 Å². The first-order chi connectivity index (χ1) is 8.25. The molecule has 0 saturated carbocycles. The molecule has 4 heteroatoms. The first-order valence-electron chi connectivity index (χ1n) is 5.96. The van der Waals surface area contributed by atoms with E-state index in [1.807, 2.05) is 6.07 Å². The fraction of sp³-hybridized carbons (Fsp3) is 0.462. The van der Waals surface area contributed by atoms with Crippen molar-refractivity contribution < 1.29 is 4.42 Å². The Balaban J connectivity index is 1.98. The molecule has 3 rings (SSSR count). The van der Waals surface area contributed by atoms with Crippen LogP contribution in [0.25, 0.3) is 11.1 Å². The highest BCUT2D eigenvalue weighted by molar-refractivity contribution is 5.72. The van der Waals surface area contributed by atoms with Crippen molar-refractivity contribution in [2.75, 3.05) is 27.2 Å². The zero-order valence-corrected chi connectivity index (χ0v) is 10.2. The van der Waals surface area contributed by atoms with Crippen LogP contribution in [0, 0.1) is 5.92 Å². The Morgan fingerprint density at radius 2 is 2.24 bits per heavy atom. The standard InChI is InChI=1S/C13H17N3O/c1-16(2)13(10-6-14-7-10)9-3-4-11-12(5-9)17-8-15-11/h3-5,8,10,13-14H,6-7H2,1-2H3. The molecule has 2 heterocycles. The third kappa shape index (κ3) is 1.83. The van der Waals surface area contributed by atoms with Gasteiger partial charge >= 0.3 is 0 Å². The lowest BCUT2D eigenvalue weighted by molar-refractivity contribution is 0.161. The average Bonchev–Trinajstić information content (AvgIpc) is 2.69. The zero-order valence-electron chi connectivity index (χ0n) is 10.2. The van der Waals surface area contributed by atoms with Crippen LogP contribution in [0.15, 0.2) is 29.0 Å². The van der Waals surface area contributed by atoms with Crippen molar-refractivity contribution in [3.8, 4) is 0 Å². The van der Waals surface area contributed by atoms with Crippen molar-refractivity contribution in [2.24, 2.45) is 5.92 Å². The highest BCUT2D eigenvalue weighted by Gasteiger charge is 2.30. The Kier molecular flexibility index (Phi) is 2.61. The predicted octanol–water partition coefficient (Wildman–Crippen LogP) is 1.65. The first kappa shape index (κ1) is 10.7. The minimum Gasteiger partial charge on any atom is -0.443 e. The van der Waals surface area contributed by atoms with Gasteiger partial charge in [0, 0.05) is 25.0 Å². The lowest BCUT2D eigenvalue weighted by Crippen LogP contribution is -2.48. The number of aromatic nitrogens is 1. The number of fused-ring (bicyclic) bond motifs is 1. The molecule has 90 valence electrons. The van der Waals surface area contributed by atoms with Gasteiger partial charge in [-0.15, -0.1) is 0 Å². The predicted molar refractivity (Wildman–Crippen MR) is 66.8 cm³/mol. The van der Waals surface area contributed by atoms with Gasteiger partial charge in [-0.1, -0.05) is 6.07 Å². The minimum absolute atomic E-state index is 0.450. The van der Waals surface area contributed by atoms with Gasteiger partial charge in [-0.25, -0.2) is 4.98 Å². The van der Waals surface area contributed by atoms with Crippen molar-refractivity contribution in [3.63, 3.8) is 0 Å². The van der Waals surface area contributed by atoms with Gasteiger partial charge in [0.25, 0.3) is 0 Å². The van der Waals surface area contributed by atoms with E-state index in [0.29, 0.717) is 12.0 Å². The summed E-state index contributed by atoms with van der Waals surface area (Å²) < 4.78 is 5.37. The van der Waals surface area contributed by atoms with E-state index in [4.69, 9.17) is 4.42 Å². The maximum atomic E-state index is 5.37. The molecule has 0 spiro atoms. The van der Waals surface area contributed by atoms with Crippen molar-refractivity contribution in [2.45, 2.75) is 6.04 Å². The van der Waals surface area contributed by atoms with Crippen LogP contribution < -0.4 is 5.32 Å². The van der Waals surface area contributed by atoms with Gasteiger partial charge in [-0.2, -0.15) is 0 Å². The number of rotatable bonds is 3. The smallest absolute Gasteiger partial charge is 0.181 e. The normalized spacial score (nSPS) is 18.5. The highest BCUT2D eigenvalue weighted by atomic mass is 16.3. The van der Waals surface area contributed by atoms with Crippen molar-refractivity contribution in [1.82, 2.24) is 15.2 Å². The molecule has 4 nitrogen and oxygen atoms in total. The fourth-order valence-corrected chi connectivity index (χ4v) is 2.58. The van der Waals surface area contributed by atoms with E-state index in [1.54, 1.807) is 0 Å². The van der Waals surface area contributed by atoms with Gasteiger partial charge in [0.2, 0.25) is 0 Å². The van der Waals surface area contributed by atoms with Gasteiger partial charge < -0.3 is 14.6 Å². The molecule has 2 aromatic rings. The van der Waals surface area contributed by atoms with Crippen molar-refractivity contribution in [3.05, 3.63) is 30.2 Å². The quantitative estimate of drug-likeness (QED) is 0.872. The molecule has 1 saturated heterocycles. The Labute approximate surface area is 101 Å². The molecule has 1 unspecified atom stereocenters. The molecular weight excluding hydrogens is 214 g/mol. The molecule has 1 aromatic carbocycles. The number of nitrogens with zero attached hydrogens (tertiary/aromatic N) is 2. The molecule has 0 radical (unpaired) electrons. The van der Waals surface area contributed by atoms with Gasteiger partial charge in [-0.05, 0) is 31.8 Å². The molecule has 1 aromatic heterocycles. The van der Waals surface area contributed by atoms with Gasteiger partial charge in [0.15, 0.2) is 12.0 Å². The molecular formula is C13H17N3O. The Bertz CT molecular complexity index is 516. The van der Waals surface area contributed by atoms with E-state index < -0.39 is 0 Å². The number of benzene rings is 1. The first-order valence-corrected chi connectivity index (χ1v) is 5.96. The van der Waals surface area contributed by atoms with Crippen molar-refractivity contribution >= 4 is 11.1 Å². The molecule has 1 fully saturated rings. The molecule has 1 atom stereocenters. The summed E-state index contributed by atoms with van der Waals surface area (Å²) in [6.45, 7) is 2.19. The third-order valence-electron chi connectivity index (χ3n) is 3.51. The average molecular weight is 231 g/mol. The van der Waals surface area contributed by atoms with Crippen LogP contribution in [0.2, 0.25) is 0 Å². The molecule has 0 amide bonds. The molecule has 17 heavy (non-hydrogen) atoms. The molecule has 0 bridgehead atoms. The van der Waals surface area contributed by atoms with Gasteiger partial charge in [-0.3, -0.25) is 0 Å². The van der Waals surface area contributed by atoms with Gasteiger partial charge in [0.05, 0.1) is 0 Å². The number of hydrogen-bond acceptors (Lipinski definition) is 4. The summed E-state index contributed by atoms with van der Waals surface area (Å²) in [5.41, 5.74) is 3.12. The summed E-state index contributed by atoms with van der Waals surface area (Å²) in [5.74, 6) is 0.686. The Hall–Kier alpha value is -1.39. The second-order valence-corrected chi connectivity index (χ2v) is 4.91. The summed E-state index contributed by atoms with van der Waals surface area (Å²) >= 11 is 0. The molecule has 0 aliphatic carbocycles. The Morgan fingerprint density at radius 3 is 2.88 bits per heavy atom. The lowest BCUT2D eigenvalue weighted by Gasteiger charge is -2.38. The number of nitrogens with one attached hydrogen (secondary N) is 1. The third-order valence-corrected chi connectivity index (χ3v) is 3.51. The summed E-state index contributed by atoms with van der Waals surface area (Å²) in [6, 6.07) is 6.77. The van der Waals surface area contributed by atoms with Crippen LogP contribution in [0.4, 0.5) is 0 Å². The largest absolute Gasteiger partial charge is 0.443 e. The SMILES string of the molecule is CN(C)C(c1ccc2ncoc2c1)C1CNC1. The van der Waals surface area contributed by atoms with Gasteiger partial charge in [0.1, 0.15) is 5.52 Å². The van der Waals surface area contributed by atoms with Crippen LogP contribution in [0.5, 0.6) is 0 Å². The van der Waals surface area contributed by atoms with Crippen LogP contribution in [0.3, 0.4) is 0 Å². The van der Waals surface area contributed by atoms with E-state index in [9.17, 15) is 0 Å². The summed E-state index contributed by atoms with van der Waals surface area (Å²) in [6.07, 6.45) is 1.50. The van der Waals surface area contributed by atoms with E-state index in [1.165, 1.54) is 12.0 Å². The Morgan fingerprint density at radius 1 is 1.41 bits per heavy atom. The second-order valence-electron chi connectivity index (χ2n) is 4.91. The van der Waals surface area contributed by atoms with E-state index in [-0.39, 0.29) is 0 Å². The van der Waals surface area contributed by atoms with Crippen LogP contribution in [-0.2, 0) is 0 Å². The number of hydrogen-bond donors (Lipinski definition) is 1. The van der Waals surface area contributed by atoms with Crippen LogP contribution in [-0.4, -0.2) is 37.1 Å². The summed E-state index contributed by atoms with van der Waals surface area (Å²) in [7, 11) is 4.27. The fourth-order valence-electron chi connectivity index (χ4n) is 2.58. The lowest BCUT2D eigenvalue weighted by atomic mass is 9.87. The van der Waals surface area contributed by atoms with Crippen molar-refractivity contribution in [1.29, 1.82) is 0 Å². The molecule has 1 N–H and O–H groups in total. The highest BCUT2D eigenvalue weighted by Crippen LogP contribution is 2.31. The monoisotopic (exact) mass is 231 g/mol. The minimum atomic E-state index is 0.450. The van der Waals surface area contributed by atoms with Crippen LogP contribution in [0.1, 0.15) is 11.6 Å². The maximum Gasteiger partial charge on any atom is 0.181 e. The molecule has 1 aliphatic heterocycles.